The molecule has 0 atom stereocenters. The number of alkyl halides is 3. The summed E-state index contributed by atoms with van der Waals surface area (Å²) in [5.74, 6) is -1.99. The lowest BCUT2D eigenvalue weighted by Gasteiger charge is -2.32. The lowest BCUT2D eigenvalue weighted by molar-refractivity contribution is -0.885. The van der Waals surface area contributed by atoms with Crippen molar-refractivity contribution in [3.05, 3.63) is 11.2 Å². The lowest BCUT2D eigenvalue weighted by Crippen LogP contribution is -3.10. The Bertz CT molecular complexity index is 336. The van der Waals surface area contributed by atoms with E-state index in [1.54, 1.807) is 11.9 Å². The van der Waals surface area contributed by atoms with E-state index in [0.29, 0.717) is 0 Å². The molecule has 0 spiro atoms. The molecule has 0 bridgehead atoms. The molecule has 1 saturated heterocycles. The van der Waals surface area contributed by atoms with Crippen molar-refractivity contribution in [2.45, 2.75) is 25.1 Å². The van der Waals surface area contributed by atoms with Crippen LogP contribution in [0.15, 0.2) is 11.2 Å². The number of nitrogens with one attached hydrogen (secondary N) is 1. The SMILES string of the molecule is CN(C=C(Cl)C(=O)C(F)(F)F)C1CC[NH+](C)CC1. The molecular formula is C11H17ClF3N2O+. The molecule has 1 rings (SSSR count). The number of halogens is 4. The lowest BCUT2D eigenvalue weighted by atomic mass is 10.0. The standard InChI is InChI=1S/C11H16ClF3N2O/c1-16-5-3-8(4-6-16)17(2)7-9(12)10(18)11(13,14)15/h7-8H,3-6H2,1-2H3/p+1. The van der Waals surface area contributed by atoms with Crippen molar-refractivity contribution in [3.63, 3.8) is 0 Å². The highest BCUT2D eigenvalue weighted by molar-refractivity contribution is 6.43. The van der Waals surface area contributed by atoms with Crippen LogP contribution in [0.3, 0.4) is 0 Å². The minimum Gasteiger partial charge on any atom is -0.376 e. The molecule has 0 aromatic carbocycles. The van der Waals surface area contributed by atoms with Gasteiger partial charge in [0.05, 0.1) is 20.1 Å². The molecule has 0 saturated carbocycles. The minimum absolute atomic E-state index is 0.142. The summed E-state index contributed by atoms with van der Waals surface area (Å²) in [7, 11) is 3.73. The van der Waals surface area contributed by atoms with Gasteiger partial charge in [-0.3, -0.25) is 4.79 Å². The van der Waals surface area contributed by atoms with Crippen LogP contribution >= 0.6 is 11.6 Å². The summed E-state index contributed by atoms with van der Waals surface area (Å²) < 4.78 is 36.4. The van der Waals surface area contributed by atoms with E-state index >= 15 is 0 Å². The van der Waals surface area contributed by atoms with E-state index in [4.69, 9.17) is 11.6 Å². The number of nitrogens with zero attached hydrogens (tertiary/aromatic N) is 1. The molecule has 1 heterocycles. The zero-order valence-electron chi connectivity index (χ0n) is 10.4. The van der Waals surface area contributed by atoms with Crippen molar-refractivity contribution >= 4 is 17.4 Å². The van der Waals surface area contributed by atoms with Crippen molar-refractivity contribution in [1.29, 1.82) is 0 Å². The largest absolute Gasteiger partial charge is 0.455 e. The Morgan fingerprint density at radius 2 is 1.89 bits per heavy atom. The highest BCUT2D eigenvalue weighted by Crippen LogP contribution is 2.23. The monoisotopic (exact) mass is 285 g/mol. The Morgan fingerprint density at radius 3 is 2.33 bits per heavy atom. The number of rotatable bonds is 3. The second-order valence-corrected chi connectivity index (χ2v) is 5.06. The highest BCUT2D eigenvalue weighted by Gasteiger charge is 2.40. The topological polar surface area (TPSA) is 24.8 Å². The number of ketones is 1. The molecule has 104 valence electrons. The summed E-state index contributed by atoms with van der Waals surface area (Å²) in [5, 5.41) is -0.781. The zero-order valence-corrected chi connectivity index (χ0v) is 11.1. The molecule has 0 aliphatic carbocycles. The number of allylic oxidation sites excluding steroid dienone is 1. The number of quaternary nitrogens is 1. The van der Waals surface area contributed by atoms with Crippen LogP contribution in [0.25, 0.3) is 0 Å². The number of piperidine rings is 1. The van der Waals surface area contributed by atoms with Crippen LogP contribution in [0.5, 0.6) is 0 Å². The smallest absolute Gasteiger partial charge is 0.376 e. The van der Waals surface area contributed by atoms with E-state index in [-0.39, 0.29) is 6.04 Å². The Balaban J connectivity index is 2.62. The second kappa shape index (κ2) is 5.93. The van der Waals surface area contributed by atoms with Gasteiger partial charge in [-0.05, 0) is 0 Å². The molecule has 0 aromatic rings. The van der Waals surface area contributed by atoms with Crippen molar-refractivity contribution in [3.8, 4) is 0 Å². The molecule has 7 heteroatoms. The third-order valence-electron chi connectivity index (χ3n) is 3.18. The molecule has 0 amide bonds. The first-order valence-electron chi connectivity index (χ1n) is 5.74. The molecule has 0 aromatic heterocycles. The van der Waals surface area contributed by atoms with Crippen LogP contribution in [-0.2, 0) is 4.79 Å². The number of likely N-dealkylation sites (tertiary alicyclic amines) is 1. The number of carbonyl (C=O) groups is 1. The quantitative estimate of drug-likeness (QED) is 0.776. The van der Waals surface area contributed by atoms with Gasteiger partial charge in [-0.25, -0.2) is 0 Å². The van der Waals surface area contributed by atoms with Gasteiger partial charge in [0, 0.05) is 32.1 Å². The Morgan fingerprint density at radius 1 is 1.39 bits per heavy atom. The summed E-state index contributed by atoms with van der Waals surface area (Å²) in [5.41, 5.74) is 0. The van der Waals surface area contributed by atoms with Crippen LogP contribution in [0.1, 0.15) is 12.8 Å². The molecule has 0 radical (unpaired) electrons. The average Bonchev–Trinajstić information content (AvgIpc) is 2.27. The van der Waals surface area contributed by atoms with Crippen molar-refractivity contribution < 1.29 is 22.9 Å². The van der Waals surface area contributed by atoms with E-state index < -0.39 is 17.0 Å². The predicted molar refractivity (Wildman–Crippen MR) is 62.4 cm³/mol. The Labute approximate surface area is 109 Å². The fourth-order valence-corrected chi connectivity index (χ4v) is 2.24. The maximum Gasteiger partial charge on any atom is 0.455 e. The molecule has 0 unspecified atom stereocenters. The molecule has 1 fully saturated rings. The van der Waals surface area contributed by atoms with Gasteiger partial charge in [-0.15, -0.1) is 0 Å². The molecule has 1 N–H and O–H groups in total. The first kappa shape index (κ1) is 15.3. The van der Waals surface area contributed by atoms with Gasteiger partial charge < -0.3 is 9.80 Å². The fourth-order valence-electron chi connectivity index (χ4n) is 1.98. The molecule has 3 nitrogen and oxygen atoms in total. The van der Waals surface area contributed by atoms with Crippen LogP contribution in [0.2, 0.25) is 0 Å². The van der Waals surface area contributed by atoms with Gasteiger partial charge in [-0.1, -0.05) is 11.6 Å². The van der Waals surface area contributed by atoms with Gasteiger partial charge in [0.15, 0.2) is 0 Å². The number of hydrogen-bond acceptors (Lipinski definition) is 2. The third kappa shape index (κ3) is 4.17. The van der Waals surface area contributed by atoms with Crippen molar-refractivity contribution in [1.82, 2.24) is 4.90 Å². The predicted octanol–water partition coefficient (Wildman–Crippen LogP) is 0.807. The highest BCUT2D eigenvalue weighted by atomic mass is 35.5. The average molecular weight is 286 g/mol. The molecule has 1 aliphatic rings. The van der Waals surface area contributed by atoms with Gasteiger partial charge in [0.25, 0.3) is 5.78 Å². The van der Waals surface area contributed by atoms with Crippen LogP contribution < -0.4 is 4.90 Å². The third-order valence-corrected chi connectivity index (χ3v) is 3.45. The Hall–Kier alpha value is -0.750. The van der Waals surface area contributed by atoms with Crippen LogP contribution in [0.4, 0.5) is 13.2 Å². The van der Waals surface area contributed by atoms with E-state index in [0.717, 1.165) is 32.1 Å². The van der Waals surface area contributed by atoms with Gasteiger partial charge in [0.2, 0.25) is 0 Å². The van der Waals surface area contributed by atoms with Crippen molar-refractivity contribution in [2.75, 3.05) is 27.2 Å². The maximum atomic E-state index is 12.1. The molecular weight excluding hydrogens is 269 g/mol. The van der Waals surface area contributed by atoms with Crippen molar-refractivity contribution in [2.24, 2.45) is 0 Å². The molecule has 18 heavy (non-hydrogen) atoms. The van der Waals surface area contributed by atoms with Gasteiger partial charge in [-0.2, -0.15) is 13.2 Å². The van der Waals surface area contributed by atoms with Gasteiger partial charge >= 0.3 is 6.18 Å². The summed E-state index contributed by atoms with van der Waals surface area (Å²) in [6.07, 6.45) is -2.07. The van der Waals surface area contributed by atoms with E-state index in [2.05, 4.69) is 7.05 Å². The molecule has 1 aliphatic heterocycles. The number of carbonyl (C=O) groups excluding carboxylic acids is 1. The fraction of sp³-hybridized carbons (Fsp3) is 0.727. The first-order valence-corrected chi connectivity index (χ1v) is 6.11. The maximum absolute atomic E-state index is 12.1. The summed E-state index contributed by atoms with van der Waals surface area (Å²) >= 11 is 5.40. The minimum atomic E-state index is -4.91. The van der Waals surface area contributed by atoms with Gasteiger partial charge in [0.1, 0.15) is 5.03 Å². The summed E-state index contributed by atoms with van der Waals surface area (Å²) in [4.78, 5) is 13.9. The Kier molecular flexibility index (Phi) is 5.04. The summed E-state index contributed by atoms with van der Waals surface area (Å²) in [6.45, 7) is 1.93. The second-order valence-electron chi connectivity index (χ2n) is 4.66. The number of Topliss-reactive ketones (excluding diaryl/α,β-unsaturated/α-hetero) is 1. The van der Waals surface area contributed by atoms with E-state index in [1.165, 1.54) is 4.90 Å². The van der Waals surface area contributed by atoms with Crippen LogP contribution in [-0.4, -0.2) is 50.1 Å². The van der Waals surface area contributed by atoms with Crippen LogP contribution in [0, 0.1) is 0 Å². The first-order chi connectivity index (χ1) is 8.21. The normalized spacial score (nSPS) is 26.0. The zero-order chi connectivity index (χ0) is 13.9. The number of hydrogen-bond donors (Lipinski definition) is 1. The summed E-state index contributed by atoms with van der Waals surface area (Å²) in [6, 6.07) is 0.142. The van der Waals surface area contributed by atoms with E-state index in [1.807, 2.05) is 0 Å². The van der Waals surface area contributed by atoms with E-state index in [9.17, 15) is 18.0 Å².